The molecule has 2 rings (SSSR count). The van der Waals surface area contributed by atoms with Crippen LogP contribution in [0.1, 0.15) is 0 Å². The van der Waals surface area contributed by atoms with Crippen LogP contribution < -0.4 is 0 Å². The number of phenolic OH excluding ortho intramolecular Hbond substituents is 1. The normalized spacial score (nSPS) is 9.33. The summed E-state index contributed by atoms with van der Waals surface area (Å²) in [5.41, 5.74) is 0.662. The van der Waals surface area contributed by atoms with Gasteiger partial charge in [-0.2, -0.15) is 0 Å². The predicted octanol–water partition coefficient (Wildman–Crippen LogP) is 1.94. The number of phenols is 1. The van der Waals surface area contributed by atoms with Crippen molar-refractivity contribution in [2.75, 3.05) is 0 Å². The van der Waals surface area contributed by atoms with E-state index in [1.165, 1.54) is 0 Å². The standard InChI is InChI=1S/C9H7NO.Zn/c11-8-5-1-3-7-4-2-6-10-9(7)8;/h1-6,11H;. The number of hydrogen-bond acceptors (Lipinski definition) is 2. The van der Waals surface area contributed by atoms with Gasteiger partial charge < -0.3 is 5.11 Å². The van der Waals surface area contributed by atoms with Crippen LogP contribution >= 0.6 is 0 Å². The third kappa shape index (κ3) is 1.46. The molecule has 0 saturated heterocycles. The number of para-hydroxylation sites is 1. The first-order valence-corrected chi connectivity index (χ1v) is 3.40. The summed E-state index contributed by atoms with van der Waals surface area (Å²) in [5, 5.41) is 10.3. The van der Waals surface area contributed by atoms with Crippen molar-refractivity contribution in [1.82, 2.24) is 4.98 Å². The molecule has 0 aliphatic carbocycles. The average Bonchev–Trinajstić information content (AvgIpc) is 2.06. The number of rotatable bonds is 0. The Morgan fingerprint density at radius 1 is 1.08 bits per heavy atom. The summed E-state index contributed by atoms with van der Waals surface area (Å²) < 4.78 is 0. The molecular weight excluding hydrogens is 203 g/mol. The van der Waals surface area contributed by atoms with Crippen LogP contribution in [0.2, 0.25) is 0 Å². The van der Waals surface area contributed by atoms with E-state index in [-0.39, 0.29) is 25.2 Å². The summed E-state index contributed by atoms with van der Waals surface area (Å²) >= 11 is 0. The van der Waals surface area contributed by atoms with Gasteiger partial charge in [-0.25, -0.2) is 0 Å². The Labute approximate surface area is 83.0 Å². The minimum absolute atomic E-state index is 0. The molecule has 3 heteroatoms. The molecule has 0 radical (unpaired) electrons. The van der Waals surface area contributed by atoms with E-state index in [2.05, 4.69) is 4.98 Å². The van der Waals surface area contributed by atoms with Gasteiger partial charge in [0.1, 0.15) is 11.3 Å². The van der Waals surface area contributed by atoms with Crippen molar-refractivity contribution in [3.63, 3.8) is 0 Å². The Morgan fingerprint density at radius 3 is 2.58 bits per heavy atom. The van der Waals surface area contributed by atoms with Gasteiger partial charge in [-0.1, -0.05) is 18.2 Å². The van der Waals surface area contributed by atoms with Gasteiger partial charge in [0.15, 0.2) is 0 Å². The molecule has 2 aromatic rings. The van der Waals surface area contributed by atoms with E-state index in [0.717, 1.165) is 5.39 Å². The summed E-state index contributed by atoms with van der Waals surface area (Å²) in [7, 11) is 0. The number of aromatic nitrogens is 1. The average molecular weight is 211 g/mol. The molecule has 56 valence electrons. The van der Waals surface area contributed by atoms with Crippen LogP contribution in [0, 0.1) is 0 Å². The Bertz CT molecular complexity index is 384. The predicted molar refractivity (Wildman–Crippen MR) is 43.4 cm³/mol. The molecule has 0 spiro atoms. The molecular formula is C9H7NOZn. The second-order valence-electron chi connectivity index (χ2n) is 2.35. The molecule has 0 unspecified atom stereocenters. The number of hydrogen-bond donors (Lipinski definition) is 1. The molecule has 12 heavy (non-hydrogen) atoms. The minimum Gasteiger partial charge on any atom is -0.506 e. The maximum absolute atomic E-state index is 9.31. The molecule has 0 aliphatic rings. The van der Waals surface area contributed by atoms with E-state index in [4.69, 9.17) is 0 Å². The third-order valence-corrected chi connectivity index (χ3v) is 1.61. The first kappa shape index (κ1) is 9.14. The van der Waals surface area contributed by atoms with Gasteiger partial charge in [-0.3, -0.25) is 4.98 Å². The first-order chi connectivity index (χ1) is 5.38. The van der Waals surface area contributed by atoms with E-state index >= 15 is 0 Å². The first-order valence-electron chi connectivity index (χ1n) is 3.40. The molecule has 0 saturated carbocycles. The second kappa shape index (κ2) is 3.64. The zero-order valence-corrected chi connectivity index (χ0v) is 9.53. The van der Waals surface area contributed by atoms with Crippen molar-refractivity contribution >= 4 is 10.9 Å². The van der Waals surface area contributed by atoms with Crippen molar-refractivity contribution < 1.29 is 24.6 Å². The Kier molecular flexibility index (Phi) is 2.77. The number of aromatic hydroxyl groups is 1. The maximum Gasteiger partial charge on any atom is 0.141 e. The van der Waals surface area contributed by atoms with E-state index in [1.807, 2.05) is 18.2 Å². The van der Waals surface area contributed by atoms with Gasteiger partial charge in [-0.05, 0) is 12.1 Å². The molecule has 0 atom stereocenters. The zero-order chi connectivity index (χ0) is 7.68. The Morgan fingerprint density at radius 2 is 1.83 bits per heavy atom. The quantitative estimate of drug-likeness (QED) is 0.674. The van der Waals surface area contributed by atoms with Gasteiger partial charge >= 0.3 is 0 Å². The summed E-state index contributed by atoms with van der Waals surface area (Å²) in [5.74, 6) is 0.239. The van der Waals surface area contributed by atoms with Gasteiger partial charge in [0.05, 0.1) is 0 Å². The molecule has 0 aliphatic heterocycles. The van der Waals surface area contributed by atoms with Gasteiger partial charge in [0.25, 0.3) is 0 Å². The van der Waals surface area contributed by atoms with Crippen molar-refractivity contribution in [1.29, 1.82) is 0 Å². The van der Waals surface area contributed by atoms with Crippen molar-refractivity contribution in [3.05, 3.63) is 36.5 Å². The zero-order valence-electron chi connectivity index (χ0n) is 6.57. The summed E-state index contributed by atoms with van der Waals surface area (Å²) in [6.45, 7) is 0. The SMILES string of the molecule is Oc1cccc2cccnc12.[Zn]. The molecule has 0 bridgehead atoms. The molecule has 0 fully saturated rings. The third-order valence-electron chi connectivity index (χ3n) is 1.61. The van der Waals surface area contributed by atoms with Crippen LogP contribution in [0.15, 0.2) is 36.5 Å². The van der Waals surface area contributed by atoms with Crippen LogP contribution in [0.25, 0.3) is 10.9 Å². The van der Waals surface area contributed by atoms with Crippen LogP contribution in [-0.4, -0.2) is 10.1 Å². The fourth-order valence-electron chi connectivity index (χ4n) is 1.09. The van der Waals surface area contributed by atoms with Crippen molar-refractivity contribution in [2.45, 2.75) is 0 Å². The van der Waals surface area contributed by atoms with Crippen LogP contribution in [0.4, 0.5) is 0 Å². The topological polar surface area (TPSA) is 33.1 Å². The fourth-order valence-corrected chi connectivity index (χ4v) is 1.09. The monoisotopic (exact) mass is 209 g/mol. The van der Waals surface area contributed by atoms with E-state index < -0.39 is 0 Å². The minimum atomic E-state index is 0. The van der Waals surface area contributed by atoms with E-state index in [0.29, 0.717) is 5.52 Å². The molecule has 1 aromatic heterocycles. The Balaban J connectivity index is 0.000000720. The van der Waals surface area contributed by atoms with Gasteiger partial charge in [0, 0.05) is 31.1 Å². The molecule has 1 heterocycles. The summed E-state index contributed by atoms with van der Waals surface area (Å²) in [6, 6.07) is 9.13. The van der Waals surface area contributed by atoms with Crippen LogP contribution in [-0.2, 0) is 19.5 Å². The Hall–Kier alpha value is -0.947. The van der Waals surface area contributed by atoms with Crippen LogP contribution in [0.5, 0.6) is 5.75 Å². The molecule has 1 N–H and O–H groups in total. The second-order valence-corrected chi connectivity index (χ2v) is 2.35. The summed E-state index contributed by atoms with van der Waals surface area (Å²) in [4.78, 5) is 4.03. The van der Waals surface area contributed by atoms with Crippen molar-refractivity contribution in [3.8, 4) is 5.75 Å². The number of benzene rings is 1. The fraction of sp³-hybridized carbons (Fsp3) is 0. The van der Waals surface area contributed by atoms with E-state index in [1.54, 1.807) is 18.3 Å². The smallest absolute Gasteiger partial charge is 0.141 e. The maximum atomic E-state index is 9.31. The van der Waals surface area contributed by atoms with Crippen LogP contribution in [0.3, 0.4) is 0 Å². The largest absolute Gasteiger partial charge is 0.506 e. The van der Waals surface area contributed by atoms with Gasteiger partial charge in [0.2, 0.25) is 0 Å². The summed E-state index contributed by atoms with van der Waals surface area (Å²) in [6.07, 6.45) is 1.67. The van der Waals surface area contributed by atoms with Crippen molar-refractivity contribution in [2.24, 2.45) is 0 Å². The molecule has 2 nitrogen and oxygen atoms in total. The van der Waals surface area contributed by atoms with Gasteiger partial charge in [-0.15, -0.1) is 0 Å². The molecule has 1 aromatic carbocycles. The molecule has 0 amide bonds. The number of pyridine rings is 1. The number of fused-ring (bicyclic) bond motifs is 1. The van der Waals surface area contributed by atoms with E-state index in [9.17, 15) is 5.11 Å². The number of nitrogens with zero attached hydrogens (tertiary/aromatic N) is 1.